The molecule has 44 heavy (non-hydrogen) atoms. The second-order valence-corrected chi connectivity index (χ2v) is 12.2. The molecule has 0 saturated carbocycles. The Kier molecular flexibility index (Phi) is 9.63. The van der Waals surface area contributed by atoms with E-state index in [-0.39, 0.29) is 18.1 Å². The van der Waals surface area contributed by atoms with Crippen LogP contribution in [0.4, 0.5) is 0 Å². The van der Waals surface area contributed by atoms with Crippen molar-refractivity contribution in [3.8, 4) is 28.6 Å². The van der Waals surface area contributed by atoms with Gasteiger partial charge in [-0.05, 0) is 78.1 Å². The van der Waals surface area contributed by atoms with E-state index in [1.54, 1.807) is 44.7 Å². The first-order valence-corrected chi connectivity index (χ1v) is 15.4. The molecule has 1 heterocycles. The van der Waals surface area contributed by atoms with E-state index in [4.69, 9.17) is 47.5 Å². The van der Waals surface area contributed by atoms with Crippen LogP contribution in [0.3, 0.4) is 0 Å². The van der Waals surface area contributed by atoms with Gasteiger partial charge in [0.2, 0.25) is 0 Å². The van der Waals surface area contributed by atoms with Gasteiger partial charge >= 0.3 is 0 Å². The Morgan fingerprint density at radius 3 is 2.43 bits per heavy atom. The Morgan fingerprint density at radius 2 is 1.73 bits per heavy atom. The maximum Gasteiger partial charge on any atom is 0.282 e. The number of hydrogen-bond donors (Lipinski definition) is 0. The number of para-hydroxylation sites is 1. The first-order valence-electron chi connectivity index (χ1n) is 13.8. The van der Waals surface area contributed by atoms with Crippen molar-refractivity contribution in [2.45, 2.75) is 33.3 Å². The lowest BCUT2D eigenvalue weighted by molar-refractivity contribution is 0.284. The van der Waals surface area contributed by atoms with Crippen molar-refractivity contribution >= 4 is 56.2 Å². The van der Waals surface area contributed by atoms with Gasteiger partial charge < -0.3 is 14.2 Å². The van der Waals surface area contributed by atoms with Crippen molar-refractivity contribution in [1.82, 2.24) is 9.66 Å². The standard InChI is InChI=1S/C34H30BrCl2N3O4/c1-19(2)25-16-26(20(3)12-30(25)42-4)33-39-29-9-7-6-8-24(29)34(41)40(33)38-17-22-14-23(35)15-31(43-5)32(22)44-18-21-10-11-27(36)28(37)13-21/h6-17,19H,18H2,1-5H3. The number of nitrogens with zero attached hydrogens (tertiary/aromatic N) is 3. The number of fused-ring (bicyclic) bond motifs is 1. The summed E-state index contributed by atoms with van der Waals surface area (Å²) in [5.41, 5.74) is 4.35. The molecule has 0 atom stereocenters. The molecule has 0 saturated heterocycles. The van der Waals surface area contributed by atoms with Crippen LogP contribution in [-0.2, 0) is 6.61 Å². The van der Waals surface area contributed by atoms with E-state index in [2.05, 4.69) is 29.8 Å². The Balaban J connectivity index is 1.67. The SMILES string of the molecule is COc1cc(C)c(-c2nc3ccccc3c(=O)n2N=Cc2cc(Br)cc(OC)c2OCc2ccc(Cl)c(Cl)c2)cc1C(C)C. The normalized spacial score (nSPS) is 11.5. The summed E-state index contributed by atoms with van der Waals surface area (Å²) in [5, 5.41) is 6.05. The molecule has 5 rings (SSSR count). The summed E-state index contributed by atoms with van der Waals surface area (Å²) in [6.07, 6.45) is 1.57. The molecule has 0 aliphatic carbocycles. The molecule has 0 fully saturated rings. The number of ether oxygens (including phenoxy) is 3. The van der Waals surface area contributed by atoms with Crippen molar-refractivity contribution in [2.24, 2.45) is 5.10 Å². The van der Waals surface area contributed by atoms with Crippen LogP contribution in [0.2, 0.25) is 10.0 Å². The van der Waals surface area contributed by atoms with Crippen molar-refractivity contribution < 1.29 is 14.2 Å². The molecule has 0 unspecified atom stereocenters. The first-order chi connectivity index (χ1) is 21.1. The summed E-state index contributed by atoms with van der Waals surface area (Å²) < 4.78 is 19.6. The highest BCUT2D eigenvalue weighted by Crippen LogP contribution is 2.36. The Morgan fingerprint density at radius 1 is 0.977 bits per heavy atom. The number of aromatic nitrogens is 2. The molecule has 0 amide bonds. The van der Waals surface area contributed by atoms with Crippen LogP contribution in [0, 0.1) is 6.92 Å². The summed E-state index contributed by atoms with van der Waals surface area (Å²) in [7, 11) is 3.21. The minimum atomic E-state index is -0.302. The van der Waals surface area contributed by atoms with E-state index >= 15 is 0 Å². The monoisotopic (exact) mass is 693 g/mol. The van der Waals surface area contributed by atoms with E-state index in [0.717, 1.165) is 32.5 Å². The fourth-order valence-corrected chi connectivity index (χ4v) is 5.64. The topological polar surface area (TPSA) is 74.9 Å². The quantitative estimate of drug-likeness (QED) is 0.144. The van der Waals surface area contributed by atoms with Gasteiger partial charge in [-0.3, -0.25) is 4.79 Å². The molecule has 7 nitrogen and oxygen atoms in total. The number of methoxy groups -OCH3 is 2. The number of aryl methyl sites for hydroxylation is 1. The van der Waals surface area contributed by atoms with Gasteiger partial charge in [0.25, 0.3) is 5.56 Å². The molecule has 0 radical (unpaired) electrons. The van der Waals surface area contributed by atoms with Crippen molar-refractivity contribution in [3.05, 3.63) is 114 Å². The first kappa shape index (κ1) is 31.6. The molecule has 10 heteroatoms. The maximum atomic E-state index is 13.9. The molecule has 0 aliphatic heterocycles. The Labute approximate surface area is 274 Å². The van der Waals surface area contributed by atoms with Gasteiger partial charge in [0, 0.05) is 15.6 Å². The lowest BCUT2D eigenvalue weighted by Gasteiger charge is -2.17. The third-order valence-electron chi connectivity index (χ3n) is 7.14. The van der Waals surface area contributed by atoms with Gasteiger partial charge in [-0.2, -0.15) is 9.78 Å². The lowest BCUT2D eigenvalue weighted by Crippen LogP contribution is -2.21. The minimum absolute atomic E-state index is 0.179. The van der Waals surface area contributed by atoms with Crippen LogP contribution >= 0.6 is 39.1 Å². The molecule has 0 spiro atoms. The predicted molar refractivity (Wildman–Crippen MR) is 181 cm³/mol. The zero-order valence-corrected chi connectivity index (χ0v) is 27.9. The number of benzene rings is 4. The van der Waals surface area contributed by atoms with Crippen molar-refractivity contribution in [3.63, 3.8) is 0 Å². The maximum absolute atomic E-state index is 13.9. The van der Waals surface area contributed by atoms with Gasteiger partial charge in [-0.15, -0.1) is 0 Å². The number of halogens is 3. The minimum Gasteiger partial charge on any atom is -0.496 e. The Hall–Kier alpha value is -3.85. The van der Waals surface area contributed by atoms with E-state index in [1.807, 2.05) is 49.4 Å². The average molecular weight is 695 g/mol. The van der Waals surface area contributed by atoms with Crippen LogP contribution in [0.1, 0.15) is 42.0 Å². The second kappa shape index (κ2) is 13.4. The number of hydrogen-bond acceptors (Lipinski definition) is 6. The molecule has 226 valence electrons. The fraction of sp³-hybridized carbons (Fsp3) is 0.206. The summed E-state index contributed by atoms with van der Waals surface area (Å²) >= 11 is 15.9. The molecule has 0 bridgehead atoms. The van der Waals surface area contributed by atoms with Crippen molar-refractivity contribution in [2.75, 3.05) is 14.2 Å². The van der Waals surface area contributed by atoms with E-state index in [0.29, 0.717) is 43.8 Å². The van der Waals surface area contributed by atoms with Gasteiger partial charge in [0.1, 0.15) is 12.4 Å². The zero-order valence-electron chi connectivity index (χ0n) is 24.8. The lowest BCUT2D eigenvalue weighted by atomic mass is 9.96. The van der Waals surface area contributed by atoms with Crippen LogP contribution < -0.4 is 19.8 Å². The zero-order chi connectivity index (χ0) is 31.5. The summed E-state index contributed by atoms with van der Waals surface area (Å²) in [5.74, 6) is 2.30. The average Bonchev–Trinajstić information content (AvgIpc) is 3.01. The van der Waals surface area contributed by atoms with Crippen LogP contribution in [0.15, 0.2) is 81.1 Å². The van der Waals surface area contributed by atoms with Gasteiger partial charge in [0.15, 0.2) is 17.3 Å². The third kappa shape index (κ3) is 6.48. The summed E-state index contributed by atoms with van der Waals surface area (Å²) in [6, 6.07) is 20.2. The van der Waals surface area contributed by atoms with Crippen molar-refractivity contribution in [1.29, 1.82) is 0 Å². The van der Waals surface area contributed by atoms with E-state index in [1.165, 1.54) is 4.68 Å². The summed E-state index contributed by atoms with van der Waals surface area (Å²) in [6.45, 7) is 6.35. The van der Waals surface area contributed by atoms with Crippen LogP contribution in [0.25, 0.3) is 22.3 Å². The summed E-state index contributed by atoms with van der Waals surface area (Å²) in [4.78, 5) is 18.9. The van der Waals surface area contributed by atoms with Crippen LogP contribution in [-0.4, -0.2) is 30.1 Å². The molecule has 1 aromatic heterocycles. The van der Waals surface area contributed by atoms with E-state index in [9.17, 15) is 4.79 Å². The number of rotatable bonds is 9. The Bertz CT molecular complexity index is 1960. The smallest absolute Gasteiger partial charge is 0.282 e. The molecule has 0 N–H and O–H groups in total. The molecule has 0 aliphatic rings. The van der Waals surface area contributed by atoms with Gasteiger partial charge in [0.05, 0.1) is 41.4 Å². The van der Waals surface area contributed by atoms with Gasteiger partial charge in [-0.1, -0.05) is 71.2 Å². The molecule has 5 aromatic rings. The van der Waals surface area contributed by atoms with Crippen LogP contribution in [0.5, 0.6) is 17.2 Å². The largest absolute Gasteiger partial charge is 0.496 e. The molecular weight excluding hydrogens is 665 g/mol. The predicted octanol–water partition coefficient (Wildman–Crippen LogP) is 9.04. The van der Waals surface area contributed by atoms with E-state index < -0.39 is 0 Å². The second-order valence-electron chi connectivity index (χ2n) is 10.4. The fourth-order valence-electron chi connectivity index (χ4n) is 4.87. The molecule has 4 aromatic carbocycles. The van der Waals surface area contributed by atoms with Gasteiger partial charge in [-0.25, -0.2) is 4.98 Å². The highest BCUT2D eigenvalue weighted by atomic mass is 79.9. The highest BCUT2D eigenvalue weighted by molar-refractivity contribution is 9.10. The third-order valence-corrected chi connectivity index (χ3v) is 8.34. The highest BCUT2D eigenvalue weighted by Gasteiger charge is 2.19. The molecular formula is C34H30BrCl2N3O4.